The summed E-state index contributed by atoms with van der Waals surface area (Å²) in [5.41, 5.74) is 1.71. The molecule has 3 aliphatic heterocycles. The van der Waals surface area contributed by atoms with Gasteiger partial charge in [0.2, 0.25) is 17.6 Å². The standard InChI is InChI=1S/C35H33N5O8/c41-27-9-8-25(32(44)38-27)40-34(46)22-6-3-7-24(28(22)35(40)47)36-13-10-19-11-15-39(16-12-19)17-14-37-33(45)26-18-23-29(42)20-4-1-2-5-21(20)30(43)31(23)48-26/h1-7,18-19,25,36H,8-17H2,(H,37,45)(H,38,41,44). The maximum Gasteiger partial charge on any atom is 0.287 e. The van der Waals surface area contributed by atoms with Gasteiger partial charge in [-0.15, -0.1) is 0 Å². The molecule has 5 amide bonds. The summed E-state index contributed by atoms with van der Waals surface area (Å²) in [4.78, 5) is 92.0. The number of anilines is 1. The lowest BCUT2D eigenvalue weighted by Gasteiger charge is -2.32. The number of carbonyl (C=O) groups is 7. The highest BCUT2D eigenvalue weighted by atomic mass is 16.4. The van der Waals surface area contributed by atoms with E-state index >= 15 is 0 Å². The molecule has 3 N–H and O–H groups in total. The Balaban J connectivity index is 0.861. The van der Waals surface area contributed by atoms with Crippen LogP contribution in [-0.4, -0.2) is 89.7 Å². The van der Waals surface area contributed by atoms with Gasteiger partial charge in [0, 0.05) is 48.9 Å². The summed E-state index contributed by atoms with van der Waals surface area (Å²) in [6.45, 7) is 3.31. The molecule has 2 saturated heterocycles. The molecule has 0 radical (unpaired) electrons. The van der Waals surface area contributed by atoms with Crippen LogP contribution < -0.4 is 16.0 Å². The smallest absolute Gasteiger partial charge is 0.287 e. The van der Waals surface area contributed by atoms with Crippen molar-refractivity contribution in [3.63, 3.8) is 0 Å². The van der Waals surface area contributed by atoms with Crippen molar-refractivity contribution in [2.45, 2.75) is 38.1 Å². The molecule has 0 saturated carbocycles. The van der Waals surface area contributed by atoms with E-state index in [4.69, 9.17) is 4.42 Å². The first-order valence-electron chi connectivity index (χ1n) is 16.1. The Bertz CT molecular complexity index is 1840. The van der Waals surface area contributed by atoms with Crippen LogP contribution in [0.2, 0.25) is 0 Å². The monoisotopic (exact) mass is 651 g/mol. The number of imide groups is 2. The largest absolute Gasteiger partial charge is 0.447 e. The van der Waals surface area contributed by atoms with Crippen LogP contribution in [0.5, 0.6) is 0 Å². The number of amides is 5. The van der Waals surface area contributed by atoms with Crippen LogP contribution in [0.1, 0.15) is 95.4 Å². The lowest BCUT2D eigenvalue weighted by molar-refractivity contribution is -0.136. The van der Waals surface area contributed by atoms with E-state index in [1.54, 1.807) is 42.5 Å². The van der Waals surface area contributed by atoms with Crippen LogP contribution in [0.25, 0.3) is 0 Å². The number of nitrogens with zero attached hydrogens (tertiary/aromatic N) is 2. The summed E-state index contributed by atoms with van der Waals surface area (Å²) in [6, 6.07) is 11.9. The number of benzene rings is 2. The Morgan fingerprint density at radius 3 is 2.31 bits per heavy atom. The predicted octanol–water partition coefficient (Wildman–Crippen LogP) is 2.40. The van der Waals surface area contributed by atoms with Gasteiger partial charge >= 0.3 is 0 Å². The van der Waals surface area contributed by atoms with Gasteiger partial charge in [-0.3, -0.25) is 43.8 Å². The lowest BCUT2D eigenvalue weighted by atomic mass is 9.89. The van der Waals surface area contributed by atoms with E-state index in [-0.39, 0.29) is 52.4 Å². The van der Waals surface area contributed by atoms with Crippen molar-refractivity contribution in [3.8, 4) is 0 Å². The topological polar surface area (TPSA) is 175 Å². The number of hydrogen-bond donors (Lipinski definition) is 3. The summed E-state index contributed by atoms with van der Waals surface area (Å²) < 4.78 is 5.54. The molecule has 1 aromatic heterocycles. The fourth-order valence-electron chi connectivity index (χ4n) is 6.97. The van der Waals surface area contributed by atoms with Crippen molar-refractivity contribution in [3.05, 3.63) is 87.9 Å². The molecule has 3 aromatic rings. The highest BCUT2D eigenvalue weighted by molar-refractivity contribution is 6.28. The molecule has 48 heavy (non-hydrogen) atoms. The molecule has 4 aliphatic rings. The summed E-state index contributed by atoms with van der Waals surface area (Å²) in [5, 5.41) is 8.36. The van der Waals surface area contributed by atoms with Crippen LogP contribution in [0.15, 0.2) is 52.9 Å². The Kier molecular flexibility index (Phi) is 8.21. The minimum Gasteiger partial charge on any atom is -0.447 e. The molecule has 1 atom stereocenters. The van der Waals surface area contributed by atoms with Crippen molar-refractivity contribution >= 4 is 46.8 Å². The van der Waals surface area contributed by atoms with E-state index in [0.717, 1.165) is 37.3 Å². The summed E-state index contributed by atoms with van der Waals surface area (Å²) in [7, 11) is 0. The minimum atomic E-state index is -1.01. The highest BCUT2D eigenvalue weighted by Crippen LogP contribution is 2.33. The first-order valence-corrected chi connectivity index (χ1v) is 16.1. The second kappa shape index (κ2) is 12.6. The van der Waals surface area contributed by atoms with E-state index in [1.807, 2.05) is 0 Å². The number of furan rings is 1. The van der Waals surface area contributed by atoms with E-state index in [9.17, 15) is 33.6 Å². The second-order valence-electron chi connectivity index (χ2n) is 12.5. The Hall–Kier alpha value is -5.43. The van der Waals surface area contributed by atoms with Gasteiger partial charge in [0.1, 0.15) is 6.04 Å². The fraction of sp³-hybridized carbons (Fsp3) is 0.343. The molecule has 7 rings (SSSR count). The molecule has 1 unspecified atom stereocenters. The zero-order chi connectivity index (χ0) is 33.5. The van der Waals surface area contributed by atoms with Gasteiger partial charge < -0.3 is 20.0 Å². The number of fused-ring (bicyclic) bond motifs is 3. The third-order valence-corrected chi connectivity index (χ3v) is 9.58. The van der Waals surface area contributed by atoms with Crippen LogP contribution in [0, 0.1) is 5.92 Å². The normalized spacial score (nSPS) is 19.6. The molecule has 2 aromatic carbocycles. The Morgan fingerprint density at radius 1 is 0.833 bits per heavy atom. The van der Waals surface area contributed by atoms with Crippen LogP contribution in [-0.2, 0) is 9.59 Å². The molecule has 13 heteroatoms. The number of carbonyl (C=O) groups excluding carboxylic acids is 7. The van der Waals surface area contributed by atoms with Crippen molar-refractivity contribution in [1.29, 1.82) is 0 Å². The Labute approximate surface area is 275 Å². The van der Waals surface area contributed by atoms with Gasteiger partial charge in [-0.25, -0.2) is 0 Å². The van der Waals surface area contributed by atoms with E-state index < -0.39 is 41.4 Å². The van der Waals surface area contributed by atoms with E-state index in [2.05, 4.69) is 20.9 Å². The van der Waals surface area contributed by atoms with Gasteiger partial charge in [0.15, 0.2) is 17.3 Å². The molecule has 13 nitrogen and oxygen atoms in total. The number of ketones is 2. The van der Waals surface area contributed by atoms with Gasteiger partial charge in [-0.05, 0) is 56.8 Å². The number of rotatable bonds is 9. The van der Waals surface area contributed by atoms with Crippen LogP contribution >= 0.6 is 0 Å². The van der Waals surface area contributed by atoms with Crippen molar-refractivity contribution in [2.75, 3.05) is 38.0 Å². The van der Waals surface area contributed by atoms with Crippen molar-refractivity contribution < 1.29 is 38.0 Å². The molecule has 4 heterocycles. The molecular formula is C35H33N5O8. The molecular weight excluding hydrogens is 618 g/mol. The highest BCUT2D eigenvalue weighted by Gasteiger charge is 2.45. The van der Waals surface area contributed by atoms with Crippen molar-refractivity contribution in [2.24, 2.45) is 5.92 Å². The predicted molar refractivity (Wildman–Crippen MR) is 170 cm³/mol. The first kappa shape index (κ1) is 31.2. The Morgan fingerprint density at radius 2 is 1.56 bits per heavy atom. The quantitative estimate of drug-likeness (QED) is 0.228. The van der Waals surface area contributed by atoms with Gasteiger partial charge in [0.25, 0.3) is 17.7 Å². The fourth-order valence-corrected chi connectivity index (χ4v) is 6.97. The number of piperidine rings is 2. The van der Waals surface area contributed by atoms with Crippen LogP contribution in [0.4, 0.5) is 5.69 Å². The third-order valence-electron chi connectivity index (χ3n) is 9.58. The summed E-state index contributed by atoms with van der Waals surface area (Å²) in [6.07, 6.45) is 2.95. The molecule has 0 bridgehead atoms. The van der Waals surface area contributed by atoms with E-state index in [0.29, 0.717) is 36.8 Å². The second-order valence-corrected chi connectivity index (χ2v) is 12.5. The lowest BCUT2D eigenvalue weighted by Crippen LogP contribution is -2.54. The average molecular weight is 652 g/mol. The molecule has 2 fully saturated rings. The zero-order valence-corrected chi connectivity index (χ0v) is 26.0. The summed E-state index contributed by atoms with van der Waals surface area (Å²) in [5.74, 6) is -3.08. The molecule has 246 valence electrons. The summed E-state index contributed by atoms with van der Waals surface area (Å²) >= 11 is 0. The zero-order valence-electron chi connectivity index (χ0n) is 26.0. The maximum absolute atomic E-state index is 13.3. The van der Waals surface area contributed by atoms with Gasteiger partial charge in [-0.2, -0.15) is 0 Å². The SMILES string of the molecule is O=C1CCC(N2C(=O)c3cccc(NCCC4CCN(CCNC(=O)c5cc6c(o5)C(=O)c5ccccc5C6=O)CC4)c3C2=O)C(=O)N1. The van der Waals surface area contributed by atoms with Gasteiger partial charge in [-0.1, -0.05) is 30.3 Å². The third kappa shape index (κ3) is 5.59. The molecule has 1 aliphatic carbocycles. The minimum absolute atomic E-state index is 0.0667. The van der Waals surface area contributed by atoms with Crippen LogP contribution in [0.3, 0.4) is 0 Å². The number of hydrogen-bond acceptors (Lipinski definition) is 10. The van der Waals surface area contributed by atoms with E-state index in [1.165, 1.54) is 6.07 Å². The van der Waals surface area contributed by atoms with Crippen molar-refractivity contribution in [1.82, 2.24) is 20.4 Å². The molecule has 0 spiro atoms. The number of likely N-dealkylation sites (tertiary alicyclic amines) is 1. The first-order chi connectivity index (χ1) is 23.2. The average Bonchev–Trinajstić information content (AvgIpc) is 3.65. The van der Waals surface area contributed by atoms with Gasteiger partial charge in [0.05, 0.1) is 16.7 Å². The maximum atomic E-state index is 13.3. The number of nitrogens with one attached hydrogen (secondary N) is 3.